The second-order valence-electron chi connectivity index (χ2n) is 4.31. The first-order chi connectivity index (χ1) is 9.13. The van der Waals surface area contributed by atoms with Crippen molar-refractivity contribution in [3.63, 3.8) is 0 Å². The van der Waals surface area contributed by atoms with Gasteiger partial charge < -0.3 is 25.8 Å². The van der Waals surface area contributed by atoms with E-state index >= 15 is 0 Å². The number of hydrogen-bond donors (Lipinski definition) is 4. The monoisotopic (exact) mass is 331 g/mol. The van der Waals surface area contributed by atoms with Crippen molar-refractivity contribution < 1.29 is 20.1 Å². The number of ether oxygens (including phenoxy) is 1. The molecule has 2 aromatic heterocycles. The number of hydrogen-bond acceptors (Lipinski definition) is 8. The molecule has 1 aliphatic rings. The van der Waals surface area contributed by atoms with Gasteiger partial charge in [0.2, 0.25) is 0 Å². The van der Waals surface area contributed by atoms with Gasteiger partial charge in [0.25, 0.3) is 0 Å². The van der Waals surface area contributed by atoms with Gasteiger partial charge in [0, 0.05) is 0 Å². The van der Waals surface area contributed by atoms with E-state index in [1.54, 1.807) is 0 Å². The van der Waals surface area contributed by atoms with Crippen LogP contribution < -0.4 is 5.73 Å². The van der Waals surface area contributed by atoms with Crippen molar-refractivity contribution in [2.75, 3.05) is 12.3 Å². The molecule has 1 saturated heterocycles. The summed E-state index contributed by atoms with van der Waals surface area (Å²) in [4.78, 5) is 11.9. The molecule has 0 bridgehead atoms. The maximum atomic E-state index is 9.95. The number of nitrogens with zero attached hydrogens (tertiary/aromatic N) is 4. The minimum atomic E-state index is -1.19. The van der Waals surface area contributed by atoms with E-state index in [1.807, 2.05) is 0 Å². The molecule has 1 fully saturated rings. The summed E-state index contributed by atoms with van der Waals surface area (Å²) in [6.45, 7) is -0.390. The number of rotatable bonds is 2. The van der Waals surface area contributed by atoms with Gasteiger partial charge in [0.15, 0.2) is 17.7 Å². The second-order valence-corrected chi connectivity index (χ2v) is 4.31. The Morgan fingerprint density at radius 2 is 1.95 bits per heavy atom. The molecule has 0 unspecified atom stereocenters. The fourth-order valence-electron chi connectivity index (χ4n) is 2.17. The first-order valence-corrected chi connectivity index (χ1v) is 5.69. The number of anilines is 1. The Morgan fingerprint density at radius 3 is 2.57 bits per heavy atom. The molecule has 5 N–H and O–H groups in total. The van der Waals surface area contributed by atoms with Crippen LogP contribution in [0.5, 0.6) is 0 Å². The molecular weight excluding hydrogens is 316 g/mol. The molecule has 1 aliphatic heterocycles. The Bertz CT molecular complexity index is 614. The van der Waals surface area contributed by atoms with Gasteiger partial charge in [0.1, 0.15) is 30.2 Å². The Morgan fingerprint density at radius 1 is 1.24 bits per heavy atom. The van der Waals surface area contributed by atoms with Gasteiger partial charge in [-0.25, -0.2) is 15.0 Å². The molecule has 0 saturated carbocycles. The molecule has 0 aromatic carbocycles. The molecule has 0 amide bonds. The molecule has 0 spiro atoms. The first-order valence-electron chi connectivity index (χ1n) is 5.69. The van der Waals surface area contributed by atoms with Gasteiger partial charge in [-0.3, -0.25) is 4.57 Å². The van der Waals surface area contributed by atoms with Crippen molar-refractivity contribution in [1.29, 1.82) is 0 Å². The number of fused-ring (bicyclic) bond motifs is 1. The van der Waals surface area contributed by atoms with Crippen molar-refractivity contribution in [2.24, 2.45) is 0 Å². The van der Waals surface area contributed by atoms with E-state index in [0.29, 0.717) is 11.2 Å². The van der Waals surface area contributed by atoms with Crippen molar-refractivity contribution in [1.82, 2.24) is 19.5 Å². The van der Waals surface area contributed by atoms with Gasteiger partial charge in [-0.2, -0.15) is 0 Å². The van der Waals surface area contributed by atoms with Gasteiger partial charge in [-0.05, 0) is 0 Å². The number of imidazole rings is 1. The van der Waals surface area contributed by atoms with Crippen LogP contribution in [-0.4, -0.2) is 141 Å². The van der Waals surface area contributed by atoms with Crippen LogP contribution >= 0.6 is 0 Å². The Hall–Kier alpha value is 0.826. The van der Waals surface area contributed by atoms with E-state index in [2.05, 4.69) is 15.0 Å². The zero-order chi connectivity index (χ0) is 13.6. The summed E-state index contributed by atoms with van der Waals surface area (Å²) in [5, 5.41) is 28.7. The van der Waals surface area contributed by atoms with E-state index < -0.39 is 31.1 Å². The zero-order valence-electron chi connectivity index (χ0n) is 9.79. The topological polar surface area (TPSA) is 140 Å². The average molecular weight is 331 g/mol. The van der Waals surface area contributed by atoms with Gasteiger partial charge in [0.05, 0.1) is 12.9 Å². The maximum absolute atomic E-state index is 9.95. The molecule has 106 valence electrons. The van der Waals surface area contributed by atoms with Crippen molar-refractivity contribution in [2.45, 2.75) is 24.5 Å². The predicted octanol–water partition coefficient (Wildman–Crippen LogP) is -3.28. The number of aliphatic hydroxyl groups excluding tert-OH is 3. The van der Waals surface area contributed by atoms with Crippen LogP contribution in [0.3, 0.4) is 0 Å². The second kappa shape index (κ2) is 8.08. The summed E-state index contributed by atoms with van der Waals surface area (Å²) >= 11 is 0. The van der Waals surface area contributed by atoms with Crippen LogP contribution in [0.1, 0.15) is 6.23 Å². The predicted molar refractivity (Wildman–Crippen MR) is 77.0 cm³/mol. The zero-order valence-corrected chi connectivity index (χ0v) is 9.79. The molecule has 3 heterocycles. The SMILES string of the molecule is Nc1ncnc2c1ncn2[C@@H]1O[C@H](CO)[C@@H](O)[C@H]1O.[KH].[NaH]. The van der Waals surface area contributed by atoms with E-state index in [-0.39, 0.29) is 86.8 Å². The number of nitrogens with two attached hydrogens (primary N) is 1. The Balaban J connectivity index is 0.00000110. The molecule has 21 heavy (non-hydrogen) atoms. The molecule has 11 heteroatoms. The van der Waals surface area contributed by atoms with Crippen molar-refractivity contribution >= 4 is 97.9 Å². The molecule has 0 radical (unpaired) electrons. The Labute approximate surface area is 184 Å². The van der Waals surface area contributed by atoms with E-state index in [4.69, 9.17) is 15.6 Å². The third kappa shape index (κ3) is 3.51. The van der Waals surface area contributed by atoms with E-state index in [0.717, 1.165) is 0 Å². The minimum absolute atomic E-state index is 0. The molecule has 3 rings (SSSR count). The number of aliphatic hydroxyl groups is 3. The third-order valence-corrected chi connectivity index (χ3v) is 3.18. The summed E-state index contributed by atoms with van der Waals surface area (Å²) in [6.07, 6.45) is -1.42. The van der Waals surface area contributed by atoms with Crippen LogP contribution in [0.4, 0.5) is 5.82 Å². The molecule has 9 nitrogen and oxygen atoms in total. The van der Waals surface area contributed by atoms with Crippen molar-refractivity contribution in [3.8, 4) is 0 Å². The van der Waals surface area contributed by atoms with Crippen LogP contribution in [0.15, 0.2) is 12.7 Å². The number of aromatic nitrogens is 4. The third-order valence-electron chi connectivity index (χ3n) is 3.18. The van der Waals surface area contributed by atoms with Crippen LogP contribution in [0.25, 0.3) is 11.2 Å². The summed E-state index contributed by atoms with van der Waals surface area (Å²) in [5.41, 5.74) is 6.44. The van der Waals surface area contributed by atoms with Crippen LogP contribution in [0.2, 0.25) is 0 Å². The van der Waals surface area contributed by atoms with E-state index in [9.17, 15) is 10.2 Å². The van der Waals surface area contributed by atoms with Gasteiger partial charge in [-0.1, -0.05) is 0 Å². The molecule has 0 aliphatic carbocycles. The fourth-order valence-corrected chi connectivity index (χ4v) is 2.17. The molecule has 4 atom stereocenters. The summed E-state index contributed by atoms with van der Waals surface area (Å²) in [5.74, 6) is 0.218. The van der Waals surface area contributed by atoms with Crippen molar-refractivity contribution in [3.05, 3.63) is 12.7 Å². The van der Waals surface area contributed by atoms with Gasteiger partial charge in [-0.15, -0.1) is 0 Å². The normalized spacial score (nSPS) is 28.1. The number of nitrogen functional groups attached to an aromatic ring is 1. The average Bonchev–Trinajstić information content (AvgIpc) is 2.94. The summed E-state index contributed by atoms with van der Waals surface area (Å²) < 4.78 is 6.85. The van der Waals surface area contributed by atoms with Crippen LogP contribution in [0, 0.1) is 0 Å². The quantitative estimate of drug-likeness (QED) is 0.420. The fraction of sp³-hybridized carbons (Fsp3) is 0.500. The first kappa shape index (κ1) is 19.9. The molecular formula is C10H15KN5NaO4. The summed E-state index contributed by atoms with van der Waals surface area (Å²) in [7, 11) is 0. The Kier molecular flexibility index (Phi) is 7.65. The molecule has 2 aromatic rings. The summed E-state index contributed by atoms with van der Waals surface area (Å²) in [6, 6.07) is 0. The standard InChI is InChI=1S/C10H13N5O4.K.Na.2H/c11-8-5-9(13-2-12-8)15(3-14-5)10-7(18)6(17)4(1-16)19-10;;;;/h2-4,6-7,10,16-18H,1H2,(H2,11,12,13);;;;/t4-,6-,7-,10-;;;;/m1..../s1. The van der Waals surface area contributed by atoms with Crippen LogP contribution in [-0.2, 0) is 4.74 Å². The van der Waals surface area contributed by atoms with E-state index in [1.165, 1.54) is 17.2 Å². The van der Waals surface area contributed by atoms with Gasteiger partial charge >= 0.3 is 80.9 Å².